The van der Waals surface area contributed by atoms with Gasteiger partial charge in [0.2, 0.25) is 0 Å². The van der Waals surface area contributed by atoms with Crippen molar-refractivity contribution < 1.29 is 14.3 Å². The van der Waals surface area contributed by atoms with Gasteiger partial charge < -0.3 is 20.1 Å². The number of likely N-dealkylation sites (N-methyl/N-ethyl adjacent to an activating group) is 1. The lowest BCUT2D eigenvalue weighted by Gasteiger charge is -2.24. The number of methoxy groups -OCH3 is 1. The SMILES string of the molecule is COc1ccc(OC(C)C(=O)N(C)CCC(N)C(C)C)cc1. The minimum atomic E-state index is -0.534. The lowest BCUT2D eigenvalue weighted by atomic mass is 10.0. The number of rotatable bonds is 8. The molecule has 0 radical (unpaired) electrons. The molecule has 0 aliphatic heterocycles. The molecule has 2 unspecified atom stereocenters. The highest BCUT2D eigenvalue weighted by molar-refractivity contribution is 5.80. The van der Waals surface area contributed by atoms with Crippen LogP contribution in [0.4, 0.5) is 0 Å². The predicted octanol–water partition coefficient (Wildman–Crippen LogP) is 2.29. The molecule has 0 aliphatic rings. The normalized spacial score (nSPS) is 13.6. The second-order valence-corrected chi connectivity index (χ2v) is 5.89. The molecule has 1 amide bonds. The zero-order valence-corrected chi connectivity index (χ0v) is 14.2. The van der Waals surface area contributed by atoms with Gasteiger partial charge in [-0.1, -0.05) is 13.8 Å². The third-order valence-electron chi connectivity index (χ3n) is 3.75. The standard InChI is InChI=1S/C17H28N2O3/c1-12(2)16(18)10-11-19(4)17(20)13(3)22-15-8-6-14(21-5)7-9-15/h6-9,12-13,16H,10-11,18H2,1-5H3. The van der Waals surface area contributed by atoms with Crippen LogP contribution in [0.15, 0.2) is 24.3 Å². The zero-order valence-electron chi connectivity index (χ0n) is 14.2. The molecular weight excluding hydrogens is 280 g/mol. The Balaban J connectivity index is 2.49. The minimum absolute atomic E-state index is 0.0493. The third kappa shape index (κ3) is 5.56. The van der Waals surface area contributed by atoms with Gasteiger partial charge >= 0.3 is 0 Å². The number of benzene rings is 1. The average Bonchev–Trinajstić information content (AvgIpc) is 2.51. The van der Waals surface area contributed by atoms with Crippen LogP contribution in [-0.4, -0.2) is 43.7 Å². The number of carbonyl (C=O) groups excluding carboxylic acids is 1. The summed E-state index contributed by atoms with van der Waals surface area (Å²) in [6.45, 7) is 6.56. The van der Waals surface area contributed by atoms with Gasteiger partial charge in [-0.05, 0) is 43.5 Å². The van der Waals surface area contributed by atoms with E-state index >= 15 is 0 Å². The van der Waals surface area contributed by atoms with Crippen LogP contribution in [-0.2, 0) is 4.79 Å². The van der Waals surface area contributed by atoms with Gasteiger partial charge in [0.15, 0.2) is 6.10 Å². The van der Waals surface area contributed by atoms with E-state index in [9.17, 15) is 4.79 Å². The smallest absolute Gasteiger partial charge is 0.263 e. The second kappa shape index (κ2) is 8.63. The Labute approximate surface area is 133 Å². The first-order chi connectivity index (χ1) is 10.3. The molecule has 0 aliphatic carbocycles. The van der Waals surface area contributed by atoms with Crippen molar-refractivity contribution in [2.75, 3.05) is 20.7 Å². The van der Waals surface area contributed by atoms with Crippen LogP contribution < -0.4 is 15.2 Å². The maximum Gasteiger partial charge on any atom is 0.263 e. The van der Waals surface area contributed by atoms with Gasteiger partial charge in [-0.3, -0.25) is 4.79 Å². The van der Waals surface area contributed by atoms with Crippen LogP contribution >= 0.6 is 0 Å². The van der Waals surface area contributed by atoms with Gasteiger partial charge in [0, 0.05) is 19.6 Å². The first-order valence-corrected chi connectivity index (χ1v) is 7.66. The first-order valence-electron chi connectivity index (χ1n) is 7.66. The summed E-state index contributed by atoms with van der Waals surface area (Å²) in [5.74, 6) is 1.77. The summed E-state index contributed by atoms with van der Waals surface area (Å²) in [5, 5.41) is 0. The molecule has 5 nitrogen and oxygen atoms in total. The van der Waals surface area contributed by atoms with Crippen LogP contribution in [0.1, 0.15) is 27.2 Å². The first kappa shape index (κ1) is 18.3. The number of carbonyl (C=O) groups is 1. The number of hydrogen-bond donors (Lipinski definition) is 1. The average molecular weight is 308 g/mol. The van der Waals surface area contributed by atoms with Crippen LogP contribution in [0.2, 0.25) is 0 Å². The van der Waals surface area contributed by atoms with E-state index in [1.165, 1.54) is 0 Å². The quantitative estimate of drug-likeness (QED) is 0.800. The topological polar surface area (TPSA) is 64.8 Å². The highest BCUT2D eigenvalue weighted by atomic mass is 16.5. The molecule has 0 bridgehead atoms. The molecule has 0 fully saturated rings. The molecule has 22 heavy (non-hydrogen) atoms. The van der Waals surface area contributed by atoms with E-state index in [-0.39, 0.29) is 11.9 Å². The number of hydrogen-bond acceptors (Lipinski definition) is 4. The van der Waals surface area contributed by atoms with Crippen molar-refractivity contribution in [3.8, 4) is 11.5 Å². The molecular formula is C17H28N2O3. The summed E-state index contributed by atoms with van der Waals surface area (Å²) in [7, 11) is 3.39. The van der Waals surface area contributed by atoms with Gasteiger partial charge in [-0.25, -0.2) is 0 Å². The Morgan fingerprint density at radius 2 is 1.73 bits per heavy atom. The molecule has 0 heterocycles. The molecule has 1 rings (SSSR count). The third-order valence-corrected chi connectivity index (χ3v) is 3.75. The van der Waals surface area contributed by atoms with Crippen molar-refractivity contribution in [1.29, 1.82) is 0 Å². The fourth-order valence-corrected chi connectivity index (χ4v) is 2.01. The van der Waals surface area contributed by atoms with Gasteiger partial charge in [0.25, 0.3) is 5.91 Å². The van der Waals surface area contributed by atoms with E-state index in [0.29, 0.717) is 18.2 Å². The highest BCUT2D eigenvalue weighted by Gasteiger charge is 2.20. The summed E-state index contributed by atoms with van der Waals surface area (Å²) >= 11 is 0. The second-order valence-electron chi connectivity index (χ2n) is 5.89. The number of nitrogens with two attached hydrogens (primary N) is 1. The van der Waals surface area contributed by atoms with Gasteiger partial charge in [0.05, 0.1) is 7.11 Å². The molecule has 1 aromatic carbocycles. The van der Waals surface area contributed by atoms with Crippen molar-refractivity contribution in [1.82, 2.24) is 4.90 Å². The molecule has 2 N–H and O–H groups in total. The summed E-state index contributed by atoms with van der Waals surface area (Å²) < 4.78 is 10.8. The van der Waals surface area contributed by atoms with Crippen molar-refractivity contribution in [3.05, 3.63) is 24.3 Å². The summed E-state index contributed by atoms with van der Waals surface area (Å²) in [6, 6.07) is 7.29. The zero-order chi connectivity index (χ0) is 16.7. The fraction of sp³-hybridized carbons (Fsp3) is 0.588. The number of nitrogens with zero attached hydrogens (tertiary/aromatic N) is 1. The van der Waals surface area contributed by atoms with Gasteiger partial charge in [-0.2, -0.15) is 0 Å². The Morgan fingerprint density at radius 1 is 1.18 bits per heavy atom. The van der Waals surface area contributed by atoms with Crippen LogP contribution in [0.3, 0.4) is 0 Å². The Bertz CT molecular complexity index is 459. The largest absolute Gasteiger partial charge is 0.497 e. The van der Waals surface area contributed by atoms with Crippen LogP contribution in [0.25, 0.3) is 0 Å². The number of ether oxygens (including phenoxy) is 2. The summed E-state index contributed by atoms with van der Waals surface area (Å²) in [4.78, 5) is 14.0. The molecule has 5 heteroatoms. The predicted molar refractivity (Wildman–Crippen MR) is 88.2 cm³/mol. The van der Waals surface area contributed by atoms with Crippen LogP contribution in [0, 0.1) is 5.92 Å². The molecule has 1 aromatic rings. The van der Waals surface area contributed by atoms with Crippen molar-refractivity contribution >= 4 is 5.91 Å². The molecule has 124 valence electrons. The van der Waals surface area contributed by atoms with Gasteiger partial charge in [-0.15, -0.1) is 0 Å². The Hall–Kier alpha value is -1.75. The summed E-state index contributed by atoms with van der Waals surface area (Å²) in [6.07, 6.45) is 0.253. The highest BCUT2D eigenvalue weighted by Crippen LogP contribution is 2.18. The van der Waals surface area contributed by atoms with E-state index < -0.39 is 6.10 Å². The molecule has 0 saturated heterocycles. The lowest BCUT2D eigenvalue weighted by molar-refractivity contribution is -0.136. The van der Waals surface area contributed by atoms with E-state index in [1.807, 2.05) is 0 Å². The van der Waals surface area contributed by atoms with E-state index in [0.717, 1.165) is 12.2 Å². The van der Waals surface area contributed by atoms with E-state index in [1.54, 1.807) is 50.2 Å². The fourth-order valence-electron chi connectivity index (χ4n) is 2.01. The molecule has 2 atom stereocenters. The van der Waals surface area contributed by atoms with E-state index in [4.69, 9.17) is 15.2 Å². The Kier molecular flexibility index (Phi) is 7.18. The maximum atomic E-state index is 12.3. The minimum Gasteiger partial charge on any atom is -0.497 e. The van der Waals surface area contributed by atoms with Gasteiger partial charge in [0.1, 0.15) is 11.5 Å². The van der Waals surface area contributed by atoms with E-state index in [2.05, 4.69) is 13.8 Å². The molecule has 0 aromatic heterocycles. The maximum absolute atomic E-state index is 12.3. The Morgan fingerprint density at radius 3 is 2.23 bits per heavy atom. The number of amides is 1. The van der Waals surface area contributed by atoms with Crippen molar-refractivity contribution in [3.63, 3.8) is 0 Å². The van der Waals surface area contributed by atoms with Crippen LogP contribution in [0.5, 0.6) is 11.5 Å². The van der Waals surface area contributed by atoms with Crippen molar-refractivity contribution in [2.45, 2.75) is 39.3 Å². The molecule has 0 spiro atoms. The summed E-state index contributed by atoms with van der Waals surface area (Å²) in [5.41, 5.74) is 6.01. The van der Waals surface area contributed by atoms with Crippen molar-refractivity contribution in [2.24, 2.45) is 11.7 Å². The monoisotopic (exact) mass is 308 g/mol. The molecule has 0 saturated carbocycles. The lowest BCUT2D eigenvalue weighted by Crippen LogP contribution is -2.40.